The summed E-state index contributed by atoms with van der Waals surface area (Å²) in [4.78, 5) is 12.8. The van der Waals surface area contributed by atoms with Crippen molar-refractivity contribution in [3.63, 3.8) is 0 Å². The molecule has 1 aliphatic rings. The van der Waals surface area contributed by atoms with Crippen LogP contribution in [-0.2, 0) is 4.74 Å². The Morgan fingerprint density at radius 3 is 2.37 bits per heavy atom. The Balaban J connectivity index is 1.77. The van der Waals surface area contributed by atoms with Gasteiger partial charge in [-0.25, -0.2) is 0 Å². The Kier molecular flexibility index (Phi) is 6.74. The molecule has 6 N–H and O–H groups in total. The Morgan fingerprint density at radius 2 is 1.71 bits per heavy atom. The van der Waals surface area contributed by atoms with Gasteiger partial charge in [-0.1, -0.05) is 6.07 Å². The second-order valence-electron chi connectivity index (χ2n) is 7.78. The Labute approximate surface area is 197 Å². The number of hydrogen-bond acceptors (Lipinski definition) is 12. The molecular weight excluding hydrogens is 468 g/mol. The summed E-state index contributed by atoms with van der Waals surface area (Å²) in [5, 5.41) is 60.4. The van der Waals surface area contributed by atoms with E-state index in [0.29, 0.717) is 0 Å². The summed E-state index contributed by atoms with van der Waals surface area (Å²) < 4.78 is 27.1. The molecule has 2 aromatic carbocycles. The molecule has 0 spiro atoms. The van der Waals surface area contributed by atoms with Crippen molar-refractivity contribution < 1.29 is 54.0 Å². The highest BCUT2D eigenvalue weighted by Crippen LogP contribution is 2.43. The van der Waals surface area contributed by atoms with Gasteiger partial charge < -0.3 is 54.0 Å². The number of hydrogen-bond donors (Lipinski definition) is 6. The van der Waals surface area contributed by atoms with Gasteiger partial charge in [0.15, 0.2) is 28.3 Å². The van der Waals surface area contributed by atoms with Crippen LogP contribution in [0.3, 0.4) is 0 Å². The van der Waals surface area contributed by atoms with Crippen molar-refractivity contribution in [1.82, 2.24) is 0 Å². The molecule has 3 aromatic rings. The van der Waals surface area contributed by atoms with Gasteiger partial charge in [-0.3, -0.25) is 4.79 Å². The van der Waals surface area contributed by atoms with E-state index in [0.717, 1.165) is 6.07 Å². The molecule has 0 saturated carbocycles. The summed E-state index contributed by atoms with van der Waals surface area (Å²) in [7, 11) is 2.67. The number of rotatable bonds is 6. The minimum absolute atomic E-state index is 0.00968. The first-order valence-corrected chi connectivity index (χ1v) is 10.4. The van der Waals surface area contributed by atoms with E-state index < -0.39 is 48.5 Å². The summed E-state index contributed by atoms with van der Waals surface area (Å²) in [5.41, 5.74) is -0.735. The molecule has 12 nitrogen and oxygen atoms in total. The lowest BCUT2D eigenvalue weighted by molar-refractivity contribution is -0.277. The molecule has 0 radical (unpaired) electrons. The van der Waals surface area contributed by atoms with E-state index >= 15 is 0 Å². The number of aromatic hydroxyl groups is 2. The third-order valence-electron chi connectivity index (χ3n) is 5.68. The SMILES string of the molecule is COc1cc(O)c2c(=O)cc(-c3cccc(O[C@@H]4O[C@H](CO)[C@@H](O)[C@H](O)[C@H]4O)c3O)oc2c1OC. The summed E-state index contributed by atoms with van der Waals surface area (Å²) in [6.45, 7) is -0.656. The molecule has 1 aliphatic heterocycles. The Bertz CT molecular complexity index is 1280. The third-order valence-corrected chi connectivity index (χ3v) is 5.68. The molecule has 5 atom stereocenters. The summed E-state index contributed by atoms with van der Waals surface area (Å²) in [5.74, 6) is -1.05. The molecule has 0 bridgehead atoms. The van der Waals surface area contributed by atoms with Gasteiger partial charge in [0.1, 0.15) is 41.3 Å². The second kappa shape index (κ2) is 9.60. The standard InChI is InChI=1S/C23H24O12/c1-31-14-7-11(26)16-10(25)6-13(33-22(16)21(14)32-2)9-4-3-5-12(17(9)27)34-23-20(30)19(29)18(28)15(8-24)35-23/h3-7,15,18-20,23-24,26-30H,8H2,1-2H3/t15-,18-,19+,20-,23-/m1/s1. The molecule has 0 amide bonds. The van der Waals surface area contributed by atoms with E-state index in [1.807, 2.05) is 0 Å². The van der Waals surface area contributed by atoms with Crippen LogP contribution in [0.25, 0.3) is 22.3 Å². The fraction of sp³-hybridized carbons (Fsp3) is 0.348. The molecule has 188 valence electrons. The number of fused-ring (bicyclic) bond motifs is 1. The average molecular weight is 492 g/mol. The number of phenols is 2. The van der Waals surface area contributed by atoms with Crippen LogP contribution in [0.5, 0.6) is 28.7 Å². The van der Waals surface area contributed by atoms with Gasteiger partial charge >= 0.3 is 0 Å². The zero-order valence-electron chi connectivity index (χ0n) is 18.6. The molecule has 0 aliphatic carbocycles. The third kappa shape index (κ3) is 4.22. The maximum absolute atomic E-state index is 12.8. The van der Waals surface area contributed by atoms with Crippen molar-refractivity contribution in [3.05, 3.63) is 40.6 Å². The second-order valence-corrected chi connectivity index (χ2v) is 7.78. The molecular formula is C23H24O12. The molecule has 12 heteroatoms. The number of ether oxygens (including phenoxy) is 4. The van der Waals surface area contributed by atoms with E-state index in [4.69, 9.17) is 23.4 Å². The van der Waals surface area contributed by atoms with Crippen LogP contribution in [0.1, 0.15) is 0 Å². The maximum Gasteiger partial charge on any atom is 0.229 e. The van der Waals surface area contributed by atoms with Gasteiger partial charge in [0.2, 0.25) is 12.0 Å². The monoisotopic (exact) mass is 492 g/mol. The smallest absolute Gasteiger partial charge is 0.229 e. The van der Waals surface area contributed by atoms with E-state index in [1.165, 1.54) is 38.5 Å². The van der Waals surface area contributed by atoms with Crippen molar-refractivity contribution in [1.29, 1.82) is 0 Å². The Hall–Kier alpha value is -3.55. The fourth-order valence-electron chi connectivity index (χ4n) is 3.85. The molecule has 1 aromatic heterocycles. The molecule has 1 fully saturated rings. The molecule has 2 heterocycles. The molecule has 4 rings (SSSR count). The maximum atomic E-state index is 12.8. The van der Waals surface area contributed by atoms with E-state index in [2.05, 4.69) is 0 Å². The number of aliphatic hydroxyl groups is 4. The number of aliphatic hydroxyl groups excluding tert-OH is 4. The van der Waals surface area contributed by atoms with Crippen LogP contribution in [0.2, 0.25) is 0 Å². The lowest BCUT2D eigenvalue weighted by Crippen LogP contribution is -2.60. The normalized spacial score (nSPS) is 24.3. The van der Waals surface area contributed by atoms with E-state index in [1.54, 1.807) is 0 Å². The molecule has 35 heavy (non-hydrogen) atoms. The van der Waals surface area contributed by atoms with Crippen LogP contribution in [0.15, 0.2) is 39.5 Å². The zero-order chi connectivity index (χ0) is 25.4. The highest BCUT2D eigenvalue weighted by molar-refractivity contribution is 5.92. The first kappa shape index (κ1) is 24.6. The van der Waals surface area contributed by atoms with Crippen molar-refractivity contribution in [3.8, 4) is 40.1 Å². The minimum Gasteiger partial charge on any atom is -0.507 e. The quantitative estimate of drug-likeness (QED) is 0.272. The number of phenolic OH excluding ortho intramolecular Hbond substituents is 2. The summed E-state index contributed by atoms with van der Waals surface area (Å²) in [6.07, 6.45) is -7.71. The summed E-state index contributed by atoms with van der Waals surface area (Å²) in [6, 6.07) is 6.48. The molecule has 0 unspecified atom stereocenters. The molecule has 1 saturated heterocycles. The lowest BCUT2D eigenvalue weighted by atomic mass is 9.99. The largest absolute Gasteiger partial charge is 0.507 e. The van der Waals surface area contributed by atoms with Gasteiger partial charge in [0, 0.05) is 12.1 Å². The van der Waals surface area contributed by atoms with Gasteiger partial charge in [-0.15, -0.1) is 0 Å². The van der Waals surface area contributed by atoms with Crippen LogP contribution >= 0.6 is 0 Å². The van der Waals surface area contributed by atoms with Gasteiger partial charge in [0.25, 0.3) is 0 Å². The fourth-order valence-corrected chi connectivity index (χ4v) is 3.85. The zero-order valence-corrected chi connectivity index (χ0v) is 18.6. The first-order valence-electron chi connectivity index (χ1n) is 10.4. The topological polar surface area (TPSA) is 189 Å². The Morgan fingerprint density at radius 1 is 0.971 bits per heavy atom. The highest BCUT2D eigenvalue weighted by atomic mass is 16.7. The van der Waals surface area contributed by atoms with Crippen molar-refractivity contribution in [2.24, 2.45) is 0 Å². The van der Waals surface area contributed by atoms with Crippen LogP contribution in [-0.4, -0.2) is 82.2 Å². The van der Waals surface area contributed by atoms with Crippen LogP contribution in [0, 0.1) is 0 Å². The van der Waals surface area contributed by atoms with Gasteiger partial charge in [-0.2, -0.15) is 0 Å². The number of benzene rings is 2. The predicted octanol–water partition coefficient (Wildman–Crippen LogP) is 0.0671. The van der Waals surface area contributed by atoms with Crippen molar-refractivity contribution >= 4 is 11.0 Å². The summed E-state index contributed by atoms with van der Waals surface area (Å²) >= 11 is 0. The van der Waals surface area contributed by atoms with Crippen LogP contribution in [0.4, 0.5) is 0 Å². The van der Waals surface area contributed by atoms with Crippen molar-refractivity contribution in [2.45, 2.75) is 30.7 Å². The first-order chi connectivity index (χ1) is 16.7. The number of para-hydroxylation sites is 1. The minimum atomic E-state index is -1.70. The lowest BCUT2D eigenvalue weighted by Gasteiger charge is -2.39. The van der Waals surface area contributed by atoms with Crippen molar-refractivity contribution in [2.75, 3.05) is 20.8 Å². The highest BCUT2D eigenvalue weighted by Gasteiger charge is 2.45. The number of methoxy groups -OCH3 is 2. The van der Waals surface area contributed by atoms with Gasteiger partial charge in [-0.05, 0) is 12.1 Å². The van der Waals surface area contributed by atoms with E-state index in [-0.39, 0.29) is 45.3 Å². The van der Waals surface area contributed by atoms with Crippen LogP contribution < -0.4 is 19.6 Å². The predicted molar refractivity (Wildman–Crippen MR) is 119 cm³/mol. The van der Waals surface area contributed by atoms with E-state index in [9.17, 15) is 35.4 Å². The van der Waals surface area contributed by atoms with Gasteiger partial charge in [0.05, 0.1) is 26.4 Å². The average Bonchev–Trinajstić information content (AvgIpc) is 2.84.